The molecule has 5 aliphatic rings. The molecule has 0 amide bonds. The molecule has 0 radical (unpaired) electrons. The average molecular weight is 857 g/mol. The van der Waals surface area contributed by atoms with E-state index in [0.29, 0.717) is 25.0 Å². The van der Waals surface area contributed by atoms with Gasteiger partial charge in [-0.2, -0.15) is 0 Å². The number of carbonyl (C=O) groups excluding carboxylic acids is 3. The number of rotatable bonds is 13. The molecular formula is C46H61FO14. The predicted octanol–water partition coefficient (Wildman–Crippen LogP) is 4.94. The minimum absolute atomic E-state index is 0.0887. The van der Waals surface area contributed by atoms with Crippen molar-refractivity contribution in [1.82, 2.24) is 0 Å². The fourth-order valence-corrected chi connectivity index (χ4v) is 11.0. The molecule has 2 saturated carbocycles. The maximum absolute atomic E-state index is 16.2. The van der Waals surface area contributed by atoms with Crippen molar-refractivity contribution in [3.05, 3.63) is 59.2 Å². The number of phenols is 1. The summed E-state index contributed by atoms with van der Waals surface area (Å²) in [6.45, 7) is 7.95. The molecule has 4 fully saturated rings. The summed E-state index contributed by atoms with van der Waals surface area (Å²) < 4.78 is 57.2. The molecule has 7 rings (SSSR count). The lowest BCUT2D eigenvalue weighted by molar-refractivity contribution is -0.339. The van der Waals surface area contributed by atoms with Gasteiger partial charge in [0.2, 0.25) is 0 Å². The van der Waals surface area contributed by atoms with E-state index in [9.17, 15) is 34.8 Å². The number of carbonyl (C=O) groups is 3. The Morgan fingerprint density at radius 2 is 1.64 bits per heavy atom. The minimum atomic E-state index is -1.95. The fourth-order valence-electron chi connectivity index (χ4n) is 11.0. The molecule has 2 saturated heterocycles. The van der Waals surface area contributed by atoms with Crippen molar-refractivity contribution >= 4 is 17.7 Å². The van der Waals surface area contributed by atoms with E-state index in [0.717, 1.165) is 31.7 Å². The highest BCUT2D eigenvalue weighted by atomic mass is 19.1. The second-order valence-corrected chi connectivity index (χ2v) is 18.3. The summed E-state index contributed by atoms with van der Waals surface area (Å²) in [6, 6.07) is 11.5. The number of hydrogen-bond acceptors (Lipinski definition) is 14. The van der Waals surface area contributed by atoms with Crippen molar-refractivity contribution in [2.24, 2.45) is 29.1 Å². The summed E-state index contributed by atoms with van der Waals surface area (Å²) in [5.74, 6) is -1.53. The normalized spacial score (nSPS) is 37.5. The van der Waals surface area contributed by atoms with Crippen LogP contribution in [0.1, 0.15) is 101 Å². The largest absolute Gasteiger partial charge is 0.508 e. The van der Waals surface area contributed by atoms with Crippen molar-refractivity contribution in [1.29, 1.82) is 0 Å². The Kier molecular flexibility index (Phi) is 13.5. The van der Waals surface area contributed by atoms with Crippen LogP contribution in [0.2, 0.25) is 0 Å². The number of phenolic OH excluding ortho intramolecular Hbond substituents is 1. The zero-order valence-corrected chi connectivity index (χ0v) is 35.7. The molecule has 2 aliphatic heterocycles. The van der Waals surface area contributed by atoms with Crippen molar-refractivity contribution in [2.75, 3.05) is 20.3 Å². The first kappa shape index (κ1) is 45.3. The molecule has 336 valence electrons. The lowest BCUT2D eigenvalue weighted by Gasteiger charge is -2.55. The third kappa shape index (κ3) is 8.68. The van der Waals surface area contributed by atoms with Crippen LogP contribution in [0.3, 0.4) is 0 Å². The molecule has 4 N–H and O–H groups in total. The van der Waals surface area contributed by atoms with E-state index in [4.69, 9.17) is 33.2 Å². The number of aliphatic hydroxyl groups excluding tert-OH is 2. The molecule has 3 aliphatic carbocycles. The number of hydrogen-bond donors (Lipinski definition) is 4. The van der Waals surface area contributed by atoms with Crippen LogP contribution in [0.15, 0.2) is 42.5 Å². The van der Waals surface area contributed by atoms with Crippen LogP contribution < -0.4 is 4.74 Å². The van der Waals surface area contributed by atoms with E-state index in [-0.39, 0.29) is 47.2 Å². The highest BCUT2D eigenvalue weighted by Crippen LogP contribution is 2.67. The van der Waals surface area contributed by atoms with Crippen LogP contribution in [0, 0.1) is 29.1 Å². The zero-order valence-electron chi connectivity index (χ0n) is 35.7. The van der Waals surface area contributed by atoms with Crippen molar-refractivity contribution in [3.63, 3.8) is 0 Å². The first-order valence-electron chi connectivity index (χ1n) is 21.6. The fraction of sp³-hybridized carbons (Fsp3) is 0.674. The topological polar surface area (TPSA) is 197 Å². The summed E-state index contributed by atoms with van der Waals surface area (Å²) in [5, 5.41) is 45.1. The van der Waals surface area contributed by atoms with Crippen LogP contribution in [-0.4, -0.2) is 119 Å². The monoisotopic (exact) mass is 856 g/mol. The summed E-state index contributed by atoms with van der Waals surface area (Å²) in [4.78, 5) is 40.0. The molecule has 2 aromatic carbocycles. The second kappa shape index (κ2) is 18.2. The van der Waals surface area contributed by atoms with E-state index in [2.05, 4.69) is 0 Å². The van der Waals surface area contributed by atoms with E-state index in [1.54, 1.807) is 13.0 Å². The first-order valence-corrected chi connectivity index (χ1v) is 21.6. The Bertz CT molecular complexity index is 1890. The van der Waals surface area contributed by atoms with Gasteiger partial charge >= 0.3 is 11.9 Å². The summed E-state index contributed by atoms with van der Waals surface area (Å²) in [6.07, 6.45) is -10.1. The van der Waals surface area contributed by atoms with Gasteiger partial charge in [-0.15, -0.1) is 0 Å². The molecule has 0 unspecified atom stereocenters. The number of benzene rings is 2. The Morgan fingerprint density at radius 1 is 0.934 bits per heavy atom. The molecule has 14 nitrogen and oxygen atoms in total. The van der Waals surface area contributed by atoms with Crippen molar-refractivity contribution < 1.29 is 72.4 Å². The quantitative estimate of drug-likeness (QED) is 0.198. The van der Waals surface area contributed by atoms with Crippen LogP contribution >= 0.6 is 0 Å². The van der Waals surface area contributed by atoms with Gasteiger partial charge in [0.15, 0.2) is 31.0 Å². The number of halogens is 1. The molecule has 61 heavy (non-hydrogen) atoms. The Balaban J connectivity index is 1.18. The number of alkyl halides is 1. The summed E-state index contributed by atoms with van der Waals surface area (Å²) in [7, 11) is 1.47. The number of ketones is 1. The number of Topliss-reactive ketones (excluding diaryl/α,β-unsaturated/α-hetero) is 1. The molecule has 0 spiro atoms. The van der Waals surface area contributed by atoms with E-state index in [1.807, 2.05) is 32.9 Å². The van der Waals surface area contributed by atoms with E-state index >= 15 is 4.39 Å². The standard InChI is InChI=1S/C46H61FO14/c1-23(2)7-16-35(50)24(3)46(54)37(20-33-32-14-10-27-19-28(49)11-15-30(27)31(32)17-18-45(33,46)5)59-44-41(58-25(4)48)39(34(47)21-56-44)61-43-40(38(52)36(51)22-57-43)60-42(53)26-8-12-29(55-6)13-9-26/h8-9,11-13,15,19,23-24,31-34,36-41,43-44,49,51-52,54H,7,10,14,16-18,20-22H2,1-6H3/t24-,31-,32-,33+,34+,36-,37+,38+,39+,40-,41-,43+,44+,45+,46-/m1/s1. The number of fused-ring (bicyclic) bond motifs is 5. The lowest BCUT2D eigenvalue weighted by Crippen LogP contribution is -2.63. The molecule has 0 bridgehead atoms. The van der Waals surface area contributed by atoms with Gasteiger partial charge in [0.25, 0.3) is 0 Å². The number of methoxy groups -OCH3 is 1. The Labute approximate surface area is 355 Å². The van der Waals surface area contributed by atoms with Crippen LogP contribution in [0.25, 0.3) is 0 Å². The maximum Gasteiger partial charge on any atom is 0.338 e. The molecule has 2 aromatic rings. The third-order valence-electron chi connectivity index (χ3n) is 14.3. The van der Waals surface area contributed by atoms with Crippen molar-refractivity contribution in [3.8, 4) is 11.5 Å². The number of aromatic hydroxyl groups is 1. The van der Waals surface area contributed by atoms with Gasteiger partial charge in [0.1, 0.15) is 41.2 Å². The highest BCUT2D eigenvalue weighted by Gasteiger charge is 2.69. The number of esters is 2. The number of aryl methyl sites for hydroxylation is 1. The first-order chi connectivity index (χ1) is 29.0. The van der Waals surface area contributed by atoms with E-state index in [1.165, 1.54) is 36.9 Å². The van der Waals surface area contributed by atoms with Crippen LogP contribution in [-0.2, 0) is 44.4 Å². The lowest BCUT2D eigenvalue weighted by atomic mass is 9.51. The summed E-state index contributed by atoms with van der Waals surface area (Å²) >= 11 is 0. The second-order valence-electron chi connectivity index (χ2n) is 18.3. The van der Waals surface area contributed by atoms with Gasteiger partial charge in [-0.05, 0) is 110 Å². The zero-order chi connectivity index (χ0) is 44.0. The van der Waals surface area contributed by atoms with Crippen LogP contribution in [0.5, 0.6) is 11.5 Å². The maximum atomic E-state index is 16.2. The molecule has 2 heterocycles. The Hall–Kier alpha value is -3.70. The SMILES string of the molecule is COc1ccc(C(=O)O[C@H]2[C@H](O[C@@H]3[C@@H](OC(C)=O)[C@H](O[C@H]4C[C@H]5[C@@H]6CCc7cc(O)ccc7[C@H]6CC[C@]5(C)[C@@]4(O)[C@H](C)C(=O)CCC(C)C)OC[C@@H]3F)OC[C@@H](O)[C@@H]2O)cc1. The van der Waals surface area contributed by atoms with Crippen LogP contribution in [0.4, 0.5) is 4.39 Å². The highest BCUT2D eigenvalue weighted by molar-refractivity contribution is 5.89. The number of ether oxygens (including phenoxy) is 7. The van der Waals surface area contributed by atoms with Gasteiger partial charge in [-0.25, -0.2) is 9.18 Å². The predicted molar refractivity (Wildman–Crippen MR) is 215 cm³/mol. The number of aliphatic hydroxyl groups is 3. The smallest absolute Gasteiger partial charge is 0.338 e. The average Bonchev–Trinajstić information content (AvgIpc) is 3.46. The van der Waals surface area contributed by atoms with Gasteiger partial charge in [-0.1, -0.05) is 33.8 Å². The third-order valence-corrected chi connectivity index (χ3v) is 14.3. The molecular weight excluding hydrogens is 795 g/mol. The van der Waals surface area contributed by atoms with Gasteiger partial charge in [-0.3, -0.25) is 9.59 Å². The van der Waals surface area contributed by atoms with Crippen molar-refractivity contribution in [2.45, 2.75) is 146 Å². The van der Waals surface area contributed by atoms with Gasteiger partial charge < -0.3 is 53.6 Å². The Morgan fingerprint density at radius 3 is 2.33 bits per heavy atom. The van der Waals surface area contributed by atoms with Gasteiger partial charge in [0.05, 0.1) is 32.0 Å². The summed E-state index contributed by atoms with van der Waals surface area (Å²) in [5.41, 5.74) is -0.132. The van der Waals surface area contributed by atoms with Gasteiger partial charge in [0, 0.05) is 24.7 Å². The van der Waals surface area contributed by atoms with E-state index < -0.39 is 97.5 Å². The molecule has 15 heteroatoms. The molecule has 0 aromatic heterocycles. The minimum Gasteiger partial charge on any atom is -0.508 e. The molecule has 15 atom stereocenters.